The molecule has 1 saturated heterocycles. The SMILES string of the molecule is COc1ccc2c3c(c4cc(OC)c(OC)cc4c2c1)C[C@@H]1CCOCN1C3. The molecule has 0 aliphatic carbocycles. The topological polar surface area (TPSA) is 40.2 Å². The van der Waals surface area contributed by atoms with Gasteiger partial charge in [-0.05, 0) is 69.8 Å². The van der Waals surface area contributed by atoms with Crippen molar-refractivity contribution in [3.63, 3.8) is 0 Å². The van der Waals surface area contributed by atoms with Gasteiger partial charge in [0.1, 0.15) is 5.75 Å². The lowest BCUT2D eigenvalue weighted by molar-refractivity contribution is -0.0561. The zero-order valence-corrected chi connectivity index (χ0v) is 16.6. The fraction of sp³-hybridized carbons (Fsp3) is 0.391. The molecule has 3 aromatic carbocycles. The third-order valence-corrected chi connectivity index (χ3v) is 6.23. The minimum Gasteiger partial charge on any atom is -0.497 e. The molecule has 0 N–H and O–H groups in total. The van der Waals surface area contributed by atoms with Gasteiger partial charge in [0, 0.05) is 19.2 Å². The maximum Gasteiger partial charge on any atom is 0.161 e. The first-order chi connectivity index (χ1) is 13.7. The molecule has 0 amide bonds. The Labute approximate surface area is 164 Å². The van der Waals surface area contributed by atoms with E-state index in [9.17, 15) is 0 Å². The van der Waals surface area contributed by atoms with Gasteiger partial charge in [-0.25, -0.2) is 0 Å². The van der Waals surface area contributed by atoms with E-state index in [1.165, 1.54) is 32.7 Å². The second-order valence-electron chi connectivity index (χ2n) is 7.55. The zero-order valence-electron chi connectivity index (χ0n) is 16.6. The number of nitrogens with zero attached hydrogens (tertiary/aromatic N) is 1. The van der Waals surface area contributed by atoms with Crippen molar-refractivity contribution in [2.45, 2.75) is 25.4 Å². The predicted molar refractivity (Wildman–Crippen MR) is 110 cm³/mol. The molecule has 1 fully saturated rings. The monoisotopic (exact) mass is 379 g/mol. The Hall–Kier alpha value is -2.50. The van der Waals surface area contributed by atoms with Crippen molar-refractivity contribution in [2.24, 2.45) is 0 Å². The third kappa shape index (κ3) is 2.61. The third-order valence-electron chi connectivity index (χ3n) is 6.23. The highest BCUT2D eigenvalue weighted by Crippen LogP contribution is 2.43. The van der Waals surface area contributed by atoms with E-state index < -0.39 is 0 Å². The van der Waals surface area contributed by atoms with E-state index in [2.05, 4.69) is 29.2 Å². The molecule has 5 nitrogen and oxygen atoms in total. The van der Waals surface area contributed by atoms with Crippen LogP contribution in [0.25, 0.3) is 21.5 Å². The van der Waals surface area contributed by atoms with E-state index in [1.807, 2.05) is 6.07 Å². The van der Waals surface area contributed by atoms with Crippen LogP contribution in [0.4, 0.5) is 0 Å². The van der Waals surface area contributed by atoms with E-state index in [0.29, 0.717) is 12.8 Å². The fourth-order valence-electron chi connectivity index (χ4n) is 4.76. The van der Waals surface area contributed by atoms with Crippen molar-refractivity contribution < 1.29 is 18.9 Å². The molecule has 3 aromatic rings. The number of rotatable bonds is 3. The van der Waals surface area contributed by atoms with Crippen LogP contribution in [0.3, 0.4) is 0 Å². The molecule has 146 valence electrons. The average molecular weight is 379 g/mol. The smallest absolute Gasteiger partial charge is 0.161 e. The first-order valence-corrected chi connectivity index (χ1v) is 9.72. The van der Waals surface area contributed by atoms with E-state index in [-0.39, 0.29) is 0 Å². The van der Waals surface area contributed by atoms with Crippen molar-refractivity contribution in [3.05, 3.63) is 41.5 Å². The lowest BCUT2D eigenvalue weighted by Crippen LogP contribution is -2.45. The molecule has 5 heteroatoms. The molecule has 28 heavy (non-hydrogen) atoms. The summed E-state index contributed by atoms with van der Waals surface area (Å²) in [7, 11) is 5.09. The molecule has 0 spiro atoms. The van der Waals surface area contributed by atoms with Crippen LogP contribution in [0.1, 0.15) is 17.5 Å². The molecule has 0 saturated carbocycles. The van der Waals surface area contributed by atoms with E-state index >= 15 is 0 Å². The van der Waals surface area contributed by atoms with Crippen molar-refractivity contribution in [1.82, 2.24) is 4.90 Å². The molecular formula is C23H25NO4. The maximum atomic E-state index is 5.73. The van der Waals surface area contributed by atoms with Gasteiger partial charge >= 0.3 is 0 Å². The second kappa shape index (κ2) is 6.83. The fourth-order valence-corrected chi connectivity index (χ4v) is 4.76. The van der Waals surface area contributed by atoms with Crippen LogP contribution >= 0.6 is 0 Å². The van der Waals surface area contributed by atoms with Gasteiger partial charge in [-0.3, -0.25) is 4.90 Å². The molecule has 2 aliphatic rings. The van der Waals surface area contributed by atoms with Gasteiger partial charge in [0.05, 0.1) is 28.1 Å². The van der Waals surface area contributed by atoms with Gasteiger partial charge in [-0.1, -0.05) is 6.07 Å². The van der Waals surface area contributed by atoms with Crippen LogP contribution < -0.4 is 14.2 Å². The molecule has 2 heterocycles. The van der Waals surface area contributed by atoms with E-state index in [0.717, 1.165) is 43.2 Å². The van der Waals surface area contributed by atoms with Crippen molar-refractivity contribution in [1.29, 1.82) is 0 Å². The summed E-state index contributed by atoms with van der Waals surface area (Å²) in [6.45, 7) is 2.47. The molecule has 0 unspecified atom stereocenters. The first-order valence-electron chi connectivity index (χ1n) is 9.72. The van der Waals surface area contributed by atoms with Gasteiger partial charge in [-0.15, -0.1) is 0 Å². The molecular weight excluding hydrogens is 354 g/mol. The Kier molecular flexibility index (Phi) is 4.29. The van der Waals surface area contributed by atoms with Crippen molar-refractivity contribution in [2.75, 3.05) is 34.7 Å². The number of hydrogen-bond donors (Lipinski definition) is 0. The highest BCUT2D eigenvalue weighted by atomic mass is 16.5. The second-order valence-corrected chi connectivity index (χ2v) is 7.55. The average Bonchev–Trinajstić information content (AvgIpc) is 2.76. The number of ether oxygens (including phenoxy) is 4. The summed E-state index contributed by atoms with van der Waals surface area (Å²) < 4.78 is 22.5. The van der Waals surface area contributed by atoms with E-state index in [4.69, 9.17) is 18.9 Å². The standard InChI is InChI=1S/C23H25NO4/c1-25-15-4-5-16-18(9-15)20-11-23(27-3)22(26-2)10-19(20)17-8-14-6-7-28-13-24(14)12-21(16)17/h4-5,9-11,14H,6-8,12-13H2,1-3H3/t14-/m0/s1. The highest BCUT2D eigenvalue weighted by Gasteiger charge is 2.31. The molecule has 0 radical (unpaired) electrons. The number of methoxy groups -OCH3 is 3. The molecule has 0 bridgehead atoms. The highest BCUT2D eigenvalue weighted by molar-refractivity contribution is 6.12. The van der Waals surface area contributed by atoms with Crippen LogP contribution in [-0.2, 0) is 17.7 Å². The Balaban J connectivity index is 1.85. The normalized spacial score (nSPS) is 19.3. The number of benzene rings is 3. The summed E-state index contributed by atoms with van der Waals surface area (Å²) in [4.78, 5) is 2.46. The van der Waals surface area contributed by atoms with Gasteiger partial charge in [0.2, 0.25) is 0 Å². The molecule has 5 rings (SSSR count). The van der Waals surface area contributed by atoms with Crippen LogP contribution in [-0.4, -0.2) is 45.6 Å². The minimum absolute atomic E-state index is 0.535. The number of fused-ring (bicyclic) bond motifs is 7. The summed E-state index contributed by atoms with van der Waals surface area (Å²) >= 11 is 0. The minimum atomic E-state index is 0.535. The van der Waals surface area contributed by atoms with Crippen molar-refractivity contribution in [3.8, 4) is 17.2 Å². The van der Waals surface area contributed by atoms with Gasteiger partial charge in [0.15, 0.2) is 11.5 Å². The Bertz CT molecular complexity index is 1060. The molecule has 0 aromatic heterocycles. The van der Waals surface area contributed by atoms with Crippen LogP contribution in [0, 0.1) is 0 Å². The van der Waals surface area contributed by atoms with Crippen molar-refractivity contribution >= 4 is 21.5 Å². The number of hydrogen-bond acceptors (Lipinski definition) is 5. The Morgan fingerprint density at radius 2 is 1.61 bits per heavy atom. The summed E-state index contributed by atoms with van der Waals surface area (Å²) in [5.41, 5.74) is 2.82. The predicted octanol–water partition coefficient (Wildman–Crippen LogP) is 4.12. The first kappa shape index (κ1) is 17.6. The molecule has 1 atom stereocenters. The van der Waals surface area contributed by atoms with Gasteiger partial charge in [0.25, 0.3) is 0 Å². The van der Waals surface area contributed by atoms with Gasteiger partial charge in [-0.2, -0.15) is 0 Å². The Morgan fingerprint density at radius 3 is 2.36 bits per heavy atom. The lowest BCUT2D eigenvalue weighted by atomic mass is 9.84. The largest absolute Gasteiger partial charge is 0.497 e. The quantitative estimate of drug-likeness (QED) is 0.640. The van der Waals surface area contributed by atoms with Crippen LogP contribution in [0.5, 0.6) is 17.2 Å². The summed E-state index contributed by atoms with van der Waals surface area (Å²) in [5.74, 6) is 2.38. The summed E-state index contributed by atoms with van der Waals surface area (Å²) in [6, 6.07) is 11.1. The zero-order chi connectivity index (χ0) is 19.3. The van der Waals surface area contributed by atoms with E-state index in [1.54, 1.807) is 21.3 Å². The lowest BCUT2D eigenvalue weighted by Gasteiger charge is -2.40. The van der Waals surface area contributed by atoms with Crippen LogP contribution in [0.15, 0.2) is 30.3 Å². The van der Waals surface area contributed by atoms with Gasteiger partial charge < -0.3 is 18.9 Å². The maximum absolute atomic E-state index is 5.73. The Morgan fingerprint density at radius 1 is 0.857 bits per heavy atom. The summed E-state index contributed by atoms with van der Waals surface area (Å²) in [6.07, 6.45) is 2.11. The summed E-state index contributed by atoms with van der Waals surface area (Å²) in [5, 5.41) is 4.90. The molecule has 2 aliphatic heterocycles. The van der Waals surface area contributed by atoms with Crippen LogP contribution in [0.2, 0.25) is 0 Å².